The van der Waals surface area contributed by atoms with Gasteiger partial charge in [-0.2, -0.15) is 0 Å². The molecule has 0 amide bonds. The van der Waals surface area contributed by atoms with Crippen molar-refractivity contribution in [1.29, 1.82) is 0 Å². The van der Waals surface area contributed by atoms with Gasteiger partial charge >= 0.3 is 0 Å². The molecule has 0 unspecified atom stereocenters. The number of hydrogen-bond donors (Lipinski definition) is 0. The van der Waals surface area contributed by atoms with E-state index in [2.05, 4.69) is 79.9 Å². The van der Waals surface area contributed by atoms with Crippen LogP contribution in [0.4, 0.5) is 0 Å². The molecule has 0 saturated heterocycles. The maximum atomic E-state index is 5.93. The second kappa shape index (κ2) is 6.52. The maximum absolute atomic E-state index is 5.93. The smallest absolute Gasteiger partial charge is 0.159 e. The molecule has 24 heavy (non-hydrogen) atoms. The summed E-state index contributed by atoms with van der Waals surface area (Å²) in [7, 11) is 0.140. The summed E-state index contributed by atoms with van der Waals surface area (Å²) in [4.78, 5) is 0. The van der Waals surface area contributed by atoms with E-state index < -0.39 is 16.1 Å². The Morgan fingerprint density at radius 1 is 0.625 bits per heavy atom. The molecule has 0 atom stereocenters. The Morgan fingerprint density at radius 2 is 0.875 bits per heavy atom. The van der Waals surface area contributed by atoms with Crippen LogP contribution in [-0.2, 0) is 0 Å². The number of hydrogen-bond acceptors (Lipinski definition) is 2. The molecule has 0 aliphatic rings. The molecule has 1 aromatic carbocycles. The molecule has 0 aliphatic carbocycles. The molecule has 1 rings (SSSR count). The summed E-state index contributed by atoms with van der Waals surface area (Å²) in [5, 5.41) is 3.22. The van der Waals surface area contributed by atoms with Gasteiger partial charge in [0.1, 0.15) is 0 Å². The Balaban J connectivity index is 3.76. The predicted molar refractivity (Wildman–Crippen MR) is 113 cm³/mol. The lowest BCUT2D eigenvalue weighted by Crippen LogP contribution is -2.53. The molecule has 1 aromatic rings. The summed E-state index contributed by atoms with van der Waals surface area (Å²) in [6.07, 6.45) is 0. The molecule has 0 aromatic heterocycles. The first-order valence-corrected chi connectivity index (χ1v) is 14.9. The molecule has 0 fully saturated rings. The van der Waals surface area contributed by atoms with E-state index in [-0.39, 0.29) is 10.1 Å². The van der Waals surface area contributed by atoms with Gasteiger partial charge in [0.05, 0.1) is 30.4 Å². The predicted octanol–water partition coefficient (Wildman–Crippen LogP) is 5.13. The number of benzene rings is 1. The summed E-state index contributed by atoms with van der Waals surface area (Å²) in [6, 6.07) is 4.66. The highest BCUT2D eigenvalue weighted by Crippen LogP contribution is 2.42. The highest BCUT2D eigenvalue weighted by Gasteiger charge is 2.43. The fourth-order valence-electron chi connectivity index (χ4n) is 2.76. The lowest BCUT2D eigenvalue weighted by Gasteiger charge is -2.41. The van der Waals surface area contributed by atoms with Gasteiger partial charge in [-0.05, 0) is 20.4 Å². The van der Waals surface area contributed by atoms with Crippen molar-refractivity contribution in [3.05, 3.63) is 12.1 Å². The van der Waals surface area contributed by atoms with Crippen LogP contribution in [0.25, 0.3) is 0 Å². The average molecular weight is 367 g/mol. The first kappa shape index (κ1) is 21.3. The minimum Gasteiger partial charge on any atom is -0.493 e. The fourth-order valence-corrected chi connectivity index (χ4v) is 6.94. The normalized spacial score (nSPS) is 13.8. The first-order valence-electron chi connectivity index (χ1n) is 8.89. The molecule has 0 radical (unpaired) electrons. The Hall–Kier alpha value is -0.746. The van der Waals surface area contributed by atoms with Crippen LogP contribution in [0.15, 0.2) is 12.1 Å². The van der Waals surface area contributed by atoms with Crippen molar-refractivity contribution in [2.24, 2.45) is 0 Å². The highest BCUT2D eigenvalue weighted by molar-refractivity contribution is 6.94. The maximum Gasteiger partial charge on any atom is 0.159 e. The zero-order chi connectivity index (χ0) is 19.1. The molecule has 0 spiro atoms. The van der Waals surface area contributed by atoms with Gasteiger partial charge in [-0.15, -0.1) is 0 Å². The third-order valence-electron chi connectivity index (χ3n) is 6.62. The molecule has 2 nitrogen and oxygen atoms in total. The molecule has 4 heteroatoms. The van der Waals surface area contributed by atoms with Gasteiger partial charge in [-0.3, -0.25) is 0 Å². The van der Waals surface area contributed by atoms with Crippen molar-refractivity contribution in [2.75, 3.05) is 14.2 Å². The van der Waals surface area contributed by atoms with Gasteiger partial charge in [0.2, 0.25) is 0 Å². The molecule has 0 aliphatic heterocycles. The van der Waals surface area contributed by atoms with Crippen LogP contribution in [0.1, 0.15) is 41.5 Å². The summed E-state index contributed by atoms with van der Waals surface area (Å²) in [5.41, 5.74) is 0. The van der Waals surface area contributed by atoms with Gasteiger partial charge in [0, 0.05) is 0 Å². The number of methoxy groups -OCH3 is 2. The van der Waals surface area contributed by atoms with Crippen LogP contribution >= 0.6 is 0 Å². The Labute approximate surface area is 152 Å². The SMILES string of the molecule is COc1c([Si](C)(C)C(C)(C)C)ccc([Si](C)(C)C(C)(C)C)c1OC. The molecule has 0 saturated carbocycles. The van der Waals surface area contributed by atoms with E-state index in [0.29, 0.717) is 0 Å². The van der Waals surface area contributed by atoms with Crippen LogP contribution in [0.3, 0.4) is 0 Å². The summed E-state index contributed by atoms with van der Waals surface area (Å²) < 4.78 is 11.9. The van der Waals surface area contributed by atoms with Gasteiger partial charge in [0.15, 0.2) is 11.5 Å². The second-order valence-electron chi connectivity index (χ2n) is 9.98. The lowest BCUT2D eigenvalue weighted by molar-refractivity contribution is 0.359. The van der Waals surface area contributed by atoms with E-state index >= 15 is 0 Å². The molecule has 0 N–H and O–H groups in total. The van der Waals surface area contributed by atoms with Crippen LogP contribution in [-0.4, -0.2) is 30.4 Å². The standard InChI is InChI=1S/C20H38O2Si2/c1-19(2,3)23(9,10)15-13-14-16(18(22-8)17(15)21-7)24(11,12)20(4,5)6/h13-14H,1-12H3. The van der Waals surface area contributed by atoms with E-state index in [1.165, 1.54) is 10.4 Å². The zero-order valence-corrected chi connectivity index (χ0v) is 20.0. The third-order valence-corrected chi connectivity index (χ3v) is 17.6. The lowest BCUT2D eigenvalue weighted by atomic mass is 10.2. The van der Waals surface area contributed by atoms with Gasteiger partial charge in [-0.25, -0.2) is 0 Å². The van der Waals surface area contributed by atoms with Crippen molar-refractivity contribution in [1.82, 2.24) is 0 Å². The minimum absolute atomic E-state index is 0.254. The van der Waals surface area contributed by atoms with Crippen LogP contribution in [0.2, 0.25) is 36.3 Å². The number of rotatable bonds is 4. The molecule has 138 valence electrons. The molecule has 0 bridgehead atoms. The molecule has 0 heterocycles. The van der Waals surface area contributed by atoms with Crippen molar-refractivity contribution in [3.63, 3.8) is 0 Å². The van der Waals surface area contributed by atoms with Crippen molar-refractivity contribution < 1.29 is 9.47 Å². The monoisotopic (exact) mass is 366 g/mol. The summed E-state index contributed by atoms with van der Waals surface area (Å²) in [5.74, 6) is 1.93. The Kier molecular flexibility index (Phi) is 5.79. The first-order chi connectivity index (χ1) is 10.6. The van der Waals surface area contributed by atoms with Gasteiger partial charge in [0.25, 0.3) is 0 Å². The zero-order valence-electron chi connectivity index (χ0n) is 18.0. The van der Waals surface area contributed by atoms with Gasteiger partial charge in [-0.1, -0.05) is 79.9 Å². The van der Waals surface area contributed by atoms with E-state index in [1.807, 2.05) is 0 Å². The third kappa shape index (κ3) is 3.45. The minimum atomic E-state index is -1.71. The van der Waals surface area contributed by atoms with Crippen LogP contribution in [0.5, 0.6) is 11.5 Å². The largest absolute Gasteiger partial charge is 0.493 e. The van der Waals surface area contributed by atoms with Crippen molar-refractivity contribution >= 4 is 26.5 Å². The van der Waals surface area contributed by atoms with Crippen LogP contribution in [0, 0.1) is 0 Å². The van der Waals surface area contributed by atoms with E-state index in [4.69, 9.17) is 9.47 Å². The fraction of sp³-hybridized carbons (Fsp3) is 0.700. The van der Waals surface area contributed by atoms with Crippen molar-refractivity contribution in [2.45, 2.75) is 77.8 Å². The average Bonchev–Trinajstić information content (AvgIpc) is 2.42. The molecular formula is C20H38O2Si2. The summed E-state index contributed by atoms with van der Waals surface area (Å²) in [6.45, 7) is 23.7. The highest BCUT2D eigenvalue weighted by atomic mass is 28.3. The Bertz CT molecular complexity index is 538. The van der Waals surface area contributed by atoms with Crippen LogP contribution < -0.4 is 19.8 Å². The van der Waals surface area contributed by atoms with E-state index in [9.17, 15) is 0 Å². The van der Waals surface area contributed by atoms with Gasteiger partial charge < -0.3 is 9.47 Å². The second-order valence-corrected chi connectivity index (χ2v) is 20.6. The van der Waals surface area contributed by atoms with E-state index in [0.717, 1.165) is 11.5 Å². The number of ether oxygens (including phenoxy) is 2. The topological polar surface area (TPSA) is 18.5 Å². The van der Waals surface area contributed by atoms with Crippen molar-refractivity contribution in [3.8, 4) is 11.5 Å². The summed E-state index contributed by atoms with van der Waals surface area (Å²) >= 11 is 0. The van der Waals surface area contributed by atoms with E-state index in [1.54, 1.807) is 14.2 Å². The quantitative estimate of drug-likeness (QED) is 0.687. The Morgan fingerprint density at radius 3 is 1.04 bits per heavy atom. The molecular weight excluding hydrogens is 328 g/mol.